The van der Waals surface area contributed by atoms with E-state index in [1.165, 1.54) is 18.5 Å². The number of aryl methyl sites for hydroxylation is 1. The molecule has 2 heterocycles. The number of carbonyl (C=O) groups excluding carboxylic acids is 1. The minimum Gasteiger partial charge on any atom is -0.356 e. The molecule has 100 valence electrons. The molecule has 1 aliphatic heterocycles. The summed E-state index contributed by atoms with van der Waals surface area (Å²) in [4.78, 5) is 15.7. The number of piperidine rings is 1. The molecule has 1 amide bonds. The van der Waals surface area contributed by atoms with Gasteiger partial charge in [0.05, 0.1) is 6.33 Å². The van der Waals surface area contributed by atoms with Gasteiger partial charge in [-0.15, -0.1) is 0 Å². The molecule has 2 rings (SSSR count). The molecule has 2 N–H and O–H groups in total. The van der Waals surface area contributed by atoms with Crippen molar-refractivity contribution in [3.05, 3.63) is 18.2 Å². The minimum absolute atomic E-state index is 0.110. The number of imidazole rings is 1. The molecule has 18 heavy (non-hydrogen) atoms. The fourth-order valence-corrected chi connectivity index (χ4v) is 2.47. The number of nitrogens with zero attached hydrogens (tertiary/aromatic N) is 2. The molecule has 1 unspecified atom stereocenters. The Morgan fingerprint density at radius 1 is 1.67 bits per heavy atom. The Hall–Kier alpha value is -1.36. The van der Waals surface area contributed by atoms with Gasteiger partial charge in [-0.3, -0.25) is 4.79 Å². The number of hydrogen-bond acceptors (Lipinski definition) is 3. The number of rotatable bonds is 5. The van der Waals surface area contributed by atoms with E-state index in [9.17, 15) is 4.79 Å². The lowest BCUT2D eigenvalue weighted by Gasteiger charge is -2.23. The van der Waals surface area contributed by atoms with Crippen molar-refractivity contribution in [3.8, 4) is 0 Å². The highest BCUT2D eigenvalue weighted by Crippen LogP contribution is 2.22. The molecule has 0 aliphatic carbocycles. The Bertz CT molecular complexity index is 382. The lowest BCUT2D eigenvalue weighted by molar-refractivity contribution is -0.121. The van der Waals surface area contributed by atoms with Crippen LogP contribution in [0.2, 0.25) is 0 Å². The first-order valence-corrected chi connectivity index (χ1v) is 6.78. The van der Waals surface area contributed by atoms with Crippen molar-refractivity contribution in [3.63, 3.8) is 0 Å². The van der Waals surface area contributed by atoms with Crippen LogP contribution in [0.4, 0.5) is 0 Å². The van der Waals surface area contributed by atoms with Crippen molar-refractivity contribution in [2.24, 2.45) is 0 Å². The first-order chi connectivity index (χ1) is 8.81. The predicted molar refractivity (Wildman–Crippen MR) is 70.4 cm³/mol. The Labute approximate surface area is 108 Å². The molecule has 1 aromatic heterocycles. The Morgan fingerprint density at radius 3 is 3.28 bits per heavy atom. The maximum Gasteiger partial charge on any atom is 0.221 e. The van der Waals surface area contributed by atoms with Crippen molar-refractivity contribution in [2.75, 3.05) is 19.6 Å². The van der Waals surface area contributed by atoms with Gasteiger partial charge in [-0.25, -0.2) is 4.98 Å². The molecule has 0 aromatic carbocycles. The van der Waals surface area contributed by atoms with E-state index in [0.717, 1.165) is 19.6 Å². The molecular formula is C13H22N4O. The summed E-state index contributed by atoms with van der Waals surface area (Å²) in [6.07, 6.45) is 6.72. The zero-order valence-electron chi connectivity index (χ0n) is 11.0. The van der Waals surface area contributed by atoms with E-state index in [-0.39, 0.29) is 5.91 Å². The highest BCUT2D eigenvalue weighted by molar-refractivity contribution is 5.75. The summed E-state index contributed by atoms with van der Waals surface area (Å²) < 4.78 is 2.12. The van der Waals surface area contributed by atoms with Gasteiger partial charge < -0.3 is 15.2 Å². The van der Waals surface area contributed by atoms with Crippen molar-refractivity contribution in [2.45, 2.75) is 38.6 Å². The first-order valence-electron chi connectivity index (χ1n) is 6.78. The van der Waals surface area contributed by atoms with Crippen LogP contribution in [0.5, 0.6) is 0 Å². The van der Waals surface area contributed by atoms with Crippen LogP contribution in [-0.2, 0) is 11.3 Å². The maximum atomic E-state index is 11.5. The fourth-order valence-electron chi connectivity index (χ4n) is 2.47. The molecule has 0 radical (unpaired) electrons. The van der Waals surface area contributed by atoms with E-state index in [1.54, 1.807) is 0 Å². The molecular weight excluding hydrogens is 228 g/mol. The fraction of sp³-hybridized carbons (Fsp3) is 0.692. The number of amides is 1. The first kappa shape index (κ1) is 13.1. The third-order valence-electron chi connectivity index (χ3n) is 3.41. The second-order valence-corrected chi connectivity index (χ2v) is 4.76. The summed E-state index contributed by atoms with van der Waals surface area (Å²) in [6.45, 7) is 5.49. The summed E-state index contributed by atoms with van der Waals surface area (Å²) >= 11 is 0. The topological polar surface area (TPSA) is 59.0 Å². The summed E-state index contributed by atoms with van der Waals surface area (Å²) in [5.74, 6) is 0.648. The highest BCUT2D eigenvalue weighted by Gasteiger charge is 2.18. The number of hydrogen-bond donors (Lipinski definition) is 2. The SMILES string of the molecule is CCNC(=O)CCn1cncc1C1CCCNC1. The molecule has 0 spiro atoms. The predicted octanol–water partition coefficient (Wildman–Crippen LogP) is 0.876. The molecule has 1 fully saturated rings. The summed E-state index contributed by atoms with van der Waals surface area (Å²) in [6, 6.07) is 0. The van der Waals surface area contributed by atoms with Gasteiger partial charge in [-0.1, -0.05) is 0 Å². The lowest BCUT2D eigenvalue weighted by Crippen LogP contribution is -2.30. The van der Waals surface area contributed by atoms with Gasteiger partial charge in [0.25, 0.3) is 0 Å². The van der Waals surface area contributed by atoms with E-state index in [0.29, 0.717) is 18.9 Å². The molecule has 1 aromatic rings. The lowest BCUT2D eigenvalue weighted by atomic mass is 9.96. The maximum absolute atomic E-state index is 11.5. The number of nitrogens with one attached hydrogen (secondary N) is 2. The normalized spacial score (nSPS) is 19.7. The van der Waals surface area contributed by atoms with Gasteiger partial charge in [0.15, 0.2) is 0 Å². The summed E-state index contributed by atoms with van der Waals surface area (Å²) in [7, 11) is 0. The Balaban J connectivity index is 1.92. The quantitative estimate of drug-likeness (QED) is 0.815. The van der Waals surface area contributed by atoms with Crippen LogP contribution in [0.1, 0.15) is 37.8 Å². The van der Waals surface area contributed by atoms with Crippen LogP contribution in [-0.4, -0.2) is 35.1 Å². The molecule has 5 nitrogen and oxygen atoms in total. The second-order valence-electron chi connectivity index (χ2n) is 4.76. The van der Waals surface area contributed by atoms with Crippen LogP contribution in [0.25, 0.3) is 0 Å². The zero-order valence-corrected chi connectivity index (χ0v) is 11.0. The van der Waals surface area contributed by atoms with Crippen LogP contribution >= 0.6 is 0 Å². The molecule has 0 bridgehead atoms. The molecule has 1 atom stereocenters. The molecule has 1 aliphatic rings. The average molecular weight is 250 g/mol. The van der Waals surface area contributed by atoms with Gasteiger partial charge in [0, 0.05) is 43.9 Å². The van der Waals surface area contributed by atoms with Gasteiger partial charge in [0.2, 0.25) is 5.91 Å². The van der Waals surface area contributed by atoms with Gasteiger partial charge >= 0.3 is 0 Å². The molecule has 1 saturated heterocycles. The van der Waals surface area contributed by atoms with Crippen LogP contribution < -0.4 is 10.6 Å². The Morgan fingerprint density at radius 2 is 2.56 bits per heavy atom. The summed E-state index contributed by atoms with van der Waals surface area (Å²) in [5.41, 5.74) is 1.26. The van der Waals surface area contributed by atoms with Crippen LogP contribution in [0, 0.1) is 0 Å². The monoisotopic (exact) mass is 250 g/mol. The van der Waals surface area contributed by atoms with Gasteiger partial charge in [-0.05, 0) is 26.3 Å². The molecule has 0 saturated carbocycles. The largest absolute Gasteiger partial charge is 0.356 e. The third kappa shape index (κ3) is 3.32. The van der Waals surface area contributed by atoms with E-state index < -0.39 is 0 Å². The Kier molecular flexibility index (Phi) is 4.75. The zero-order chi connectivity index (χ0) is 12.8. The summed E-state index contributed by atoms with van der Waals surface area (Å²) in [5, 5.41) is 6.24. The van der Waals surface area contributed by atoms with E-state index in [2.05, 4.69) is 20.2 Å². The van der Waals surface area contributed by atoms with Crippen molar-refractivity contribution < 1.29 is 4.79 Å². The van der Waals surface area contributed by atoms with Crippen molar-refractivity contribution >= 4 is 5.91 Å². The van der Waals surface area contributed by atoms with Crippen molar-refractivity contribution in [1.29, 1.82) is 0 Å². The third-order valence-corrected chi connectivity index (χ3v) is 3.41. The minimum atomic E-state index is 0.110. The standard InChI is InChI=1S/C13H22N4O/c1-2-16-13(18)5-7-17-10-15-9-12(17)11-4-3-6-14-8-11/h9-11,14H,2-8H2,1H3,(H,16,18). The van der Waals surface area contributed by atoms with Gasteiger partial charge in [0.1, 0.15) is 0 Å². The van der Waals surface area contributed by atoms with E-state index >= 15 is 0 Å². The molecule has 5 heteroatoms. The average Bonchev–Trinajstić information content (AvgIpc) is 2.86. The number of aromatic nitrogens is 2. The highest BCUT2D eigenvalue weighted by atomic mass is 16.1. The smallest absolute Gasteiger partial charge is 0.221 e. The van der Waals surface area contributed by atoms with E-state index in [1.807, 2.05) is 19.4 Å². The van der Waals surface area contributed by atoms with Crippen LogP contribution in [0.3, 0.4) is 0 Å². The van der Waals surface area contributed by atoms with Crippen molar-refractivity contribution in [1.82, 2.24) is 20.2 Å². The van der Waals surface area contributed by atoms with Gasteiger partial charge in [-0.2, -0.15) is 0 Å². The van der Waals surface area contributed by atoms with Crippen LogP contribution in [0.15, 0.2) is 12.5 Å². The van der Waals surface area contributed by atoms with E-state index in [4.69, 9.17) is 0 Å². The second kappa shape index (κ2) is 6.54. The number of carbonyl (C=O) groups is 1.